The number of nitrogens with one attached hydrogen (secondary N) is 1. The van der Waals surface area contributed by atoms with Crippen LogP contribution < -0.4 is 10.1 Å². The van der Waals surface area contributed by atoms with E-state index in [-0.39, 0.29) is 11.8 Å². The van der Waals surface area contributed by atoms with Gasteiger partial charge in [-0.25, -0.2) is 0 Å². The fourth-order valence-corrected chi connectivity index (χ4v) is 4.65. The van der Waals surface area contributed by atoms with Crippen LogP contribution in [0.15, 0.2) is 84.9 Å². The van der Waals surface area contributed by atoms with E-state index in [2.05, 4.69) is 17.4 Å². The van der Waals surface area contributed by atoms with Crippen molar-refractivity contribution in [3.8, 4) is 5.75 Å². The van der Waals surface area contributed by atoms with Crippen LogP contribution in [0.1, 0.15) is 23.1 Å². The molecule has 0 aliphatic heterocycles. The summed E-state index contributed by atoms with van der Waals surface area (Å²) in [6.45, 7) is 0.338. The number of rotatable bonds is 12. The van der Waals surface area contributed by atoms with Gasteiger partial charge in [0.1, 0.15) is 11.8 Å². The molecule has 0 aliphatic carbocycles. The van der Waals surface area contributed by atoms with Crippen molar-refractivity contribution in [3.05, 3.63) is 102 Å². The van der Waals surface area contributed by atoms with Crippen molar-refractivity contribution in [1.29, 1.82) is 0 Å². The zero-order valence-electron chi connectivity index (χ0n) is 19.8. The first kappa shape index (κ1) is 25.4. The lowest BCUT2D eigenvalue weighted by molar-refractivity contribution is -0.140. The molecule has 1 atom stereocenters. The lowest BCUT2D eigenvalue weighted by Crippen LogP contribution is -2.49. The van der Waals surface area contributed by atoms with Gasteiger partial charge in [0.05, 0.1) is 7.11 Å². The van der Waals surface area contributed by atoms with Gasteiger partial charge in [-0.2, -0.15) is 11.8 Å². The van der Waals surface area contributed by atoms with Crippen LogP contribution in [0.4, 0.5) is 0 Å². The van der Waals surface area contributed by atoms with Crippen LogP contribution in [0.2, 0.25) is 0 Å². The van der Waals surface area contributed by atoms with Crippen LogP contribution >= 0.6 is 11.8 Å². The van der Waals surface area contributed by atoms with Gasteiger partial charge >= 0.3 is 0 Å². The van der Waals surface area contributed by atoms with E-state index in [0.717, 1.165) is 22.6 Å². The van der Waals surface area contributed by atoms with Gasteiger partial charge in [0.15, 0.2) is 0 Å². The van der Waals surface area contributed by atoms with Gasteiger partial charge in [0.2, 0.25) is 11.8 Å². The van der Waals surface area contributed by atoms with Crippen molar-refractivity contribution in [1.82, 2.24) is 10.2 Å². The average Bonchev–Trinajstić information content (AvgIpc) is 2.89. The zero-order chi connectivity index (χ0) is 24.2. The molecule has 1 N–H and O–H groups in total. The second-order valence-corrected chi connectivity index (χ2v) is 9.09. The van der Waals surface area contributed by atoms with Crippen LogP contribution in [-0.4, -0.2) is 42.7 Å². The van der Waals surface area contributed by atoms with Gasteiger partial charge in [-0.15, -0.1) is 0 Å². The highest BCUT2D eigenvalue weighted by atomic mass is 32.2. The number of hydrogen-bond acceptors (Lipinski definition) is 4. The van der Waals surface area contributed by atoms with E-state index in [4.69, 9.17) is 4.74 Å². The summed E-state index contributed by atoms with van der Waals surface area (Å²) in [5, 5.41) is 2.76. The maximum absolute atomic E-state index is 13.5. The fraction of sp³-hybridized carbons (Fsp3) is 0.286. The molecule has 0 saturated carbocycles. The van der Waals surface area contributed by atoms with E-state index < -0.39 is 6.04 Å². The first-order valence-corrected chi connectivity index (χ1v) is 12.6. The molecule has 0 bridgehead atoms. The molecule has 2 amide bonds. The van der Waals surface area contributed by atoms with E-state index in [0.29, 0.717) is 25.1 Å². The highest BCUT2D eigenvalue weighted by Gasteiger charge is 2.29. The molecular weight excluding hydrogens is 444 g/mol. The summed E-state index contributed by atoms with van der Waals surface area (Å²) in [4.78, 5) is 28.1. The maximum atomic E-state index is 13.5. The highest BCUT2D eigenvalue weighted by Crippen LogP contribution is 2.20. The third-order valence-corrected chi connectivity index (χ3v) is 6.61. The van der Waals surface area contributed by atoms with Gasteiger partial charge in [-0.3, -0.25) is 9.59 Å². The van der Waals surface area contributed by atoms with Gasteiger partial charge < -0.3 is 15.0 Å². The summed E-state index contributed by atoms with van der Waals surface area (Å²) in [6, 6.07) is 27.1. The van der Waals surface area contributed by atoms with Crippen molar-refractivity contribution >= 4 is 23.6 Å². The fourth-order valence-electron chi connectivity index (χ4n) is 3.76. The van der Waals surface area contributed by atoms with E-state index in [1.165, 1.54) is 5.56 Å². The monoisotopic (exact) mass is 476 g/mol. The molecule has 0 aromatic heterocycles. The zero-order valence-corrected chi connectivity index (χ0v) is 20.6. The second-order valence-electron chi connectivity index (χ2n) is 7.98. The average molecular weight is 477 g/mol. The van der Waals surface area contributed by atoms with Gasteiger partial charge in [-0.1, -0.05) is 72.8 Å². The van der Waals surface area contributed by atoms with Crippen molar-refractivity contribution < 1.29 is 14.3 Å². The van der Waals surface area contributed by atoms with Crippen molar-refractivity contribution in [2.24, 2.45) is 0 Å². The number of methoxy groups -OCH3 is 1. The minimum absolute atomic E-state index is 0.0343. The van der Waals surface area contributed by atoms with E-state index in [9.17, 15) is 9.59 Å². The number of thioether (sulfide) groups is 1. The molecule has 6 heteroatoms. The first-order valence-electron chi connectivity index (χ1n) is 11.4. The summed E-state index contributed by atoms with van der Waals surface area (Å²) in [5.41, 5.74) is 3.17. The Bertz CT molecular complexity index is 1040. The van der Waals surface area contributed by atoms with Crippen LogP contribution in [0.25, 0.3) is 0 Å². The Morgan fingerprint density at radius 2 is 1.56 bits per heavy atom. The third-order valence-electron chi connectivity index (χ3n) is 5.58. The minimum atomic E-state index is -0.606. The molecule has 0 aliphatic rings. The Kier molecular flexibility index (Phi) is 10.0. The molecular formula is C28H32N2O3S. The summed E-state index contributed by atoms with van der Waals surface area (Å²) in [6.07, 6.45) is 0.817. The highest BCUT2D eigenvalue weighted by molar-refractivity contribution is 7.98. The molecule has 3 aromatic rings. The van der Waals surface area contributed by atoms with Gasteiger partial charge in [-0.05, 0) is 28.8 Å². The Morgan fingerprint density at radius 3 is 2.21 bits per heavy atom. The molecule has 34 heavy (non-hydrogen) atoms. The van der Waals surface area contributed by atoms with E-state index >= 15 is 0 Å². The van der Waals surface area contributed by atoms with E-state index in [1.54, 1.807) is 30.8 Å². The number of nitrogens with zero attached hydrogens (tertiary/aromatic N) is 1. The number of ether oxygens (including phenoxy) is 1. The molecule has 0 spiro atoms. The Hall–Kier alpha value is -3.25. The number of likely N-dealkylation sites (N-methyl/N-ethyl adjacent to an activating group) is 1. The SMILES string of the molecule is CNC(=O)C(Cc1ccccc1)N(Cc1cccc(OC)c1)C(=O)CCSCc1ccccc1. The minimum Gasteiger partial charge on any atom is -0.497 e. The molecule has 178 valence electrons. The van der Waals surface area contributed by atoms with Gasteiger partial charge in [0, 0.05) is 37.9 Å². The molecule has 0 saturated heterocycles. The maximum Gasteiger partial charge on any atom is 0.242 e. The Balaban J connectivity index is 1.77. The first-order chi connectivity index (χ1) is 16.6. The number of carbonyl (C=O) groups excluding carboxylic acids is 2. The normalized spacial score (nSPS) is 11.5. The van der Waals surface area contributed by atoms with Crippen LogP contribution in [0.5, 0.6) is 5.75 Å². The standard InChI is InChI=1S/C28H32N2O3S/c1-29-28(32)26(19-22-10-5-3-6-11-22)30(20-24-14-9-15-25(18-24)33-2)27(31)16-17-34-21-23-12-7-4-8-13-23/h3-15,18,26H,16-17,19-21H2,1-2H3,(H,29,32). The van der Waals surface area contributed by atoms with Gasteiger partial charge in [0.25, 0.3) is 0 Å². The number of benzene rings is 3. The molecule has 1 unspecified atom stereocenters. The van der Waals surface area contributed by atoms with Crippen molar-refractivity contribution in [2.75, 3.05) is 19.9 Å². The number of carbonyl (C=O) groups is 2. The predicted molar refractivity (Wildman–Crippen MR) is 139 cm³/mol. The Labute approximate surface area is 206 Å². The molecule has 0 heterocycles. The molecule has 5 nitrogen and oxygen atoms in total. The van der Waals surface area contributed by atoms with Crippen molar-refractivity contribution in [2.45, 2.75) is 31.2 Å². The third kappa shape index (κ3) is 7.66. The summed E-state index contributed by atoms with van der Waals surface area (Å²) in [7, 11) is 3.24. The van der Waals surface area contributed by atoms with Crippen LogP contribution in [-0.2, 0) is 28.3 Å². The van der Waals surface area contributed by atoms with E-state index in [1.807, 2.05) is 72.8 Å². The molecule has 3 rings (SSSR count). The lowest BCUT2D eigenvalue weighted by Gasteiger charge is -2.31. The number of hydrogen-bond donors (Lipinski definition) is 1. The summed E-state index contributed by atoms with van der Waals surface area (Å²) < 4.78 is 5.36. The summed E-state index contributed by atoms with van der Waals surface area (Å²) in [5.74, 6) is 2.06. The van der Waals surface area contributed by atoms with Crippen molar-refractivity contribution in [3.63, 3.8) is 0 Å². The summed E-state index contributed by atoms with van der Waals surface area (Å²) >= 11 is 1.73. The lowest BCUT2D eigenvalue weighted by atomic mass is 10.0. The quantitative estimate of drug-likeness (QED) is 0.385. The number of amides is 2. The second kappa shape index (κ2) is 13.5. The largest absolute Gasteiger partial charge is 0.497 e. The van der Waals surface area contributed by atoms with Crippen LogP contribution in [0.3, 0.4) is 0 Å². The van der Waals surface area contributed by atoms with Crippen LogP contribution in [0, 0.1) is 0 Å². The Morgan fingerprint density at radius 1 is 0.912 bits per heavy atom. The topological polar surface area (TPSA) is 58.6 Å². The molecule has 3 aromatic carbocycles. The smallest absolute Gasteiger partial charge is 0.242 e. The molecule has 0 radical (unpaired) electrons. The molecule has 0 fully saturated rings. The predicted octanol–water partition coefficient (Wildman–Crippen LogP) is 4.70.